The first-order valence-electron chi connectivity index (χ1n) is 8.61. The Morgan fingerprint density at radius 3 is 3.00 bits per heavy atom. The van der Waals surface area contributed by atoms with Gasteiger partial charge in [0.1, 0.15) is 0 Å². The highest BCUT2D eigenvalue weighted by Gasteiger charge is 2.08. The van der Waals surface area contributed by atoms with E-state index < -0.39 is 0 Å². The Morgan fingerprint density at radius 1 is 1.24 bits per heavy atom. The Hall–Kier alpha value is -2.40. The Bertz CT molecular complexity index is 816. The minimum Gasteiger partial charge on any atom is -0.336 e. The highest BCUT2D eigenvalue weighted by molar-refractivity contribution is 7.17. The number of thiophene rings is 1. The molecule has 2 heterocycles. The lowest BCUT2D eigenvalue weighted by Crippen LogP contribution is -2.40. The van der Waals surface area contributed by atoms with Gasteiger partial charge in [-0.2, -0.15) is 0 Å². The fraction of sp³-hybridized carbons (Fsp3) is 0.300. The summed E-state index contributed by atoms with van der Waals surface area (Å²) in [7, 11) is 0. The molecule has 130 valence electrons. The van der Waals surface area contributed by atoms with E-state index in [0.29, 0.717) is 6.54 Å². The number of carbonyl (C=O) groups is 1. The molecule has 25 heavy (non-hydrogen) atoms. The molecule has 0 bridgehead atoms. The third kappa shape index (κ3) is 5.03. The zero-order valence-corrected chi connectivity index (χ0v) is 15.2. The van der Waals surface area contributed by atoms with E-state index in [0.717, 1.165) is 24.8 Å². The highest BCUT2D eigenvalue weighted by Crippen LogP contribution is 2.24. The summed E-state index contributed by atoms with van der Waals surface area (Å²) >= 11 is 1.71. The Morgan fingerprint density at radius 2 is 2.16 bits per heavy atom. The number of amides is 2. The van der Waals surface area contributed by atoms with E-state index in [-0.39, 0.29) is 12.1 Å². The van der Waals surface area contributed by atoms with E-state index >= 15 is 0 Å². The fourth-order valence-electron chi connectivity index (χ4n) is 2.88. The van der Waals surface area contributed by atoms with E-state index in [9.17, 15) is 4.79 Å². The van der Waals surface area contributed by atoms with E-state index in [1.807, 2.05) is 25.3 Å². The maximum Gasteiger partial charge on any atom is 0.315 e. The first-order valence-corrected chi connectivity index (χ1v) is 9.48. The minimum absolute atomic E-state index is 0.109. The number of hydrogen-bond acceptors (Lipinski definition) is 3. The zero-order valence-electron chi connectivity index (χ0n) is 14.4. The second kappa shape index (κ2) is 8.62. The van der Waals surface area contributed by atoms with Gasteiger partial charge in [0.2, 0.25) is 0 Å². The van der Waals surface area contributed by atoms with Gasteiger partial charge in [0.05, 0.1) is 0 Å². The number of nitrogens with zero attached hydrogens (tertiary/aromatic N) is 1. The summed E-state index contributed by atoms with van der Waals surface area (Å²) in [5, 5.41) is 9.29. The third-order valence-corrected chi connectivity index (χ3v) is 5.21. The van der Waals surface area contributed by atoms with Crippen LogP contribution in [0.15, 0.2) is 54.2 Å². The van der Waals surface area contributed by atoms with Gasteiger partial charge in [0.15, 0.2) is 0 Å². The van der Waals surface area contributed by atoms with Crippen LogP contribution in [0, 0.1) is 0 Å². The molecule has 2 aromatic heterocycles. The molecule has 0 spiro atoms. The van der Waals surface area contributed by atoms with Crippen molar-refractivity contribution in [3.05, 3.63) is 65.3 Å². The fourth-order valence-corrected chi connectivity index (χ4v) is 3.79. The molecule has 0 saturated heterocycles. The van der Waals surface area contributed by atoms with Gasteiger partial charge in [-0.15, -0.1) is 11.3 Å². The van der Waals surface area contributed by atoms with Crippen LogP contribution in [-0.2, 0) is 13.0 Å². The first-order chi connectivity index (χ1) is 12.2. The van der Waals surface area contributed by atoms with Gasteiger partial charge >= 0.3 is 6.03 Å². The molecule has 2 amide bonds. The summed E-state index contributed by atoms with van der Waals surface area (Å²) in [5.41, 5.74) is 2.40. The molecule has 3 rings (SSSR count). The normalized spacial score (nSPS) is 12.0. The number of rotatable bonds is 7. The second-order valence-corrected chi connectivity index (χ2v) is 7.15. The molecule has 1 unspecified atom stereocenters. The Balaban J connectivity index is 1.40. The van der Waals surface area contributed by atoms with Gasteiger partial charge in [-0.05, 0) is 60.2 Å². The summed E-state index contributed by atoms with van der Waals surface area (Å²) in [5.74, 6) is 0. The molecule has 2 N–H and O–H groups in total. The van der Waals surface area contributed by atoms with Crippen molar-refractivity contribution < 1.29 is 4.79 Å². The molecule has 4 nitrogen and oxygen atoms in total. The maximum atomic E-state index is 12.1. The number of urea groups is 1. The number of pyridine rings is 1. The van der Waals surface area contributed by atoms with Gasteiger partial charge < -0.3 is 10.6 Å². The van der Waals surface area contributed by atoms with Crippen molar-refractivity contribution in [2.45, 2.75) is 38.8 Å². The second-order valence-electron chi connectivity index (χ2n) is 6.24. The average Bonchev–Trinajstić information content (AvgIpc) is 3.10. The molecule has 0 aliphatic heterocycles. The lowest BCUT2D eigenvalue weighted by Gasteiger charge is -2.15. The smallest absolute Gasteiger partial charge is 0.315 e. The standard InChI is InChI=1S/C20H23N3OS/c1-15(5-2-6-16-7-4-11-21-13-16)23-20(24)22-14-18-9-3-8-17-10-12-25-19(17)18/h3-4,7-13,15H,2,5-6,14H2,1H3,(H2,22,23,24). The average molecular weight is 353 g/mol. The number of benzene rings is 1. The van der Waals surface area contributed by atoms with Crippen LogP contribution < -0.4 is 10.6 Å². The van der Waals surface area contributed by atoms with Crippen LogP contribution in [0.5, 0.6) is 0 Å². The van der Waals surface area contributed by atoms with Crippen molar-refractivity contribution in [2.75, 3.05) is 0 Å². The Kier molecular flexibility index (Phi) is 6.01. The monoisotopic (exact) mass is 353 g/mol. The van der Waals surface area contributed by atoms with Crippen molar-refractivity contribution in [2.24, 2.45) is 0 Å². The van der Waals surface area contributed by atoms with Gasteiger partial charge in [-0.3, -0.25) is 4.98 Å². The molecule has 0 aliphatic rings. The molecule has 0 fully saturated rings. The first kappa shape index (κ1) is 17.4. The number of carbonyl (C=O) groups excluding carboxylic acids is 1. The van der Waals surface area contributed by atoms with Crippen LogP contribution in [0.4, 0.5) is 4.79 Å². The van der Waals surface area contributed by atoms with Gasteiger partial charge in [-0.1, -0.05) is 24.3 Å². The van der Waals surface area contributed by atoms with Crippen molar-refractivity contribution in [1.82, 2.24) is 15.6 Å². The lowest BCUT2D eigenvalue weighted by atomic mass is 10.1. The topological polar surface area (TPSA) is 54.0 Å². The van der Waals surface area contributed by atoms with Crippen LogP contribution in [0.25, 0.3) is 10.1 Å². The van der Waals surface area contributed by atoms with Crippen molar-refractivity contribution in [3.63, 3.8) is 0 Å². The minimum atomic E-state index is -0.109. The van der Waals surface area contributed by atoms with Crippen LogP contribution in [0.3, 0.4) is 0 Å². The quantitative estimate of drug-likeness (QED) is 0.657. The molecule has 3 aromatic rings. The van der Waals surface area contributed by atoms with Gasteiger partial charge in [0, 0.05) is 29.7 Å². The molecule has 5 heteroatoms. The van der Waals surface area contributed by atoms with Gasteiger partial charge in [-0.25, -0.2) is 4.79 Å². The largest absolute Gasteiger partial charge is 0.336 e. The maximum absolute atomic E-state index is 12.1. The van der Waals surface area contributed by atoms with E-state index in [1.54, 1.807) is 17.5 Å². The molecule has 1 aromatic carbocycles. The molecular formula is C20H23N3OS. The summed E-state index contributed by atoms with van der Waals surface area (Å²) in [6.45, 7) is 2.59. The van der Waals surface area contributed by atoms with Crippen LogP contribution in [0.1, 0.15) is 30.9 Å². The molecule has 0 saturated carbocycles. The van der Waals surface area contributed by atoms with E-state index in [2.05, 4.69) is 45.3 Å². The predicted octanol–water partition coefficient (Wildman–Crippen LogP) is 4.51. The van der Waals surface area contributed by atoms with Gasteiger partial charge in [0.25, 0.3) is 0 Å². The summed E-state index contributed by atoms with van der Waals surface area (Å²) in [6, 6.07) is 12.4. The van der Waals surface area contributed by atoms with Crippen LogP contribution >= 0.6 is 11.3 Å². The predicted molar refractivity (Wildman–Crippen MR) is 104 cm³/mol. The van der Waals surface area contributed by atoms with E-state index in [4.69, 9.17) is 0 Å². The Labute approximate surface area is 152 Å². The van der Waals surface area contributed by atoms with Crippen molar-refractivity contribution in [1.29, 1.82) is 0 Å². The van der Waals surface area contributed by atoms with Crippen molar-refractivity contribution in [3.8, 4) is 0 Å². The number of nitrogens with one attached hydrogen (secondary N) is 2. The summed E-state index contributed by atoms with van der Waals surface area (Å²) < 4.78 is 1.24. The SMILES string of the molecule is CC(CCCc1cccnc1)NC(=O)NCc1cccc2ccsc12. The third-order valence-electron chi connectivity index (χ3n) is 4.20. The van der Waals surface area contributed by atoms with Crippen LogP contribution in [-0.4, -0.2) is 17.1 Å². The molecule has 0 radical (unpaired) electrons. The number of fused-ring (bicyclic) bond motifs is 1. The molecular weight excluding hydrogens is 330 g/mol. The number of aryl methyl sites for hydroxylation is 1. The lowest BCUT2D eigenvalue weighted by molar-refractivity contribution is 0.236. The van der Waals surface area contributed by atoms with Crippen molar-refractivity contribution >= 4 is 27.5 Å². The number of aromatic nitrogens is 1. The van der Waals surface area contributed by atoms with E-state index in [1.165, 1.54) is 15.6 Å². The number of hydrogen-bond donors (Lipinski definition) is 2. The summed E-state index contributed by atoms with van der Waals surface area (Å²) in [6.07, 6.45) is 6.65. The molecule has 0 aliphatic carbocycles. The molecule has 1 atom stereocenters. The summed E-state index contributed by atoms with van der Waals surface area (Å²) in [4.78, 5) is 16.2. The van der Waals surface area contributed by atoms with Crippen LogP contribution in [0.2, 0.25) is 0 Å². The zero-order chi connectivity index (χ0) is 17.5. The highest BCUT2D eigenvalue weighted by atomic mass is 32.1.